The number of hydrogen-bond acceptors (Lipinski definition) is 4. The molecule has 2 saturated heterocycles. The second kappa shape index (κ2) is 5.79. The van der Waals surface area contributed by atoms with Gasteiger partial charge in [-0.25, -0.2) is 0 Å². The Bertz CT molecular complexity index is 666. The molecule has 2 fully saturated rings. The molecule has 7 heteroatoms. The van der Waals surface area contributed by atoms with Crippen LogP contribution >= 0.6 is 0 Å². The van der Waals surface area contributed by atoms with E-state index in [4.69, 9.17) is 0 Å². The molecular weight excluding hydrogens is 296 g/mol. The number of aromatic nitrogens is 2. The minimum atomic E-state index is -0.678. The van der Waals surface area contributed by atoms with Gasteiger partial charge in [-0.2, -0.15) is 5.10 Å². The third kappa shape index (κ3) is 3.00. The Hall–Kier alpha value is -2.18. The first-order valence-electron chi connectivity index (χ1n) is 8.03. The van der Waals surface area contributed by atoms with Gasteiger partial charge in [0.1, 0.15) is 0 Å². The Kier molecular flexibility index (Phi) is 3.95. The van der Waals surface area contributed by atoms with Gasteiger partial charge in [-0.1, -0.05) is 0 Å². The van der Waals surface area contributed by atoms with Crippen molar-refractivity contribution in [3.05, 3.63) is 17.5 Å². The topological polar surface area (TPSA) is 84.3 Å². The summed E-state index contributed by atoms with van der Waals surface area (Å²) in [7, 11) is 0. The minimum absolute atomic E-state index is 0.0514. The number of rotatable bonds is 4. The molecule has 1 aromatic heterocycles. The van der Waals surface area contributed by atoms with Crippen LogP contribution in [-0.2, 0) is 20.9 Å². The predicted octanol–water partition coefficient (Wildman–Crippen LogP) is 0.545. The van der Waals surface area contributed by atoms with E-state index < -0.39 is 5.41 Å². The Morgan fingerprint density at radius 2 is 2.17 bits per heavy atom. The maximum absolute atomic E-state index is 12.3. The van der Waals surface area contributed by atoms with E-state index in [0.717, 1.165) is 17.8 Å². The molecule has 7 nitrogen and oxygen atoms in total. The lowest BCUT2D eigenvalue weighted by atomic mass is 9.85. The van der Waals surface area contributed by atoms with Crippen molar-refractivity contribution in [2.24, 2.45) is 5.41 Å². The largest absolute Gasteiger partial charge is 0.342 e. The van der Waals surface area contributed by atoms with Gasteiger partial charge in [-0.15, -0.1) is 0 Å². The van der Waals surface area contributed by atoms with Crippen molar-refractivity contribution in [2.45, 2.75) is 46.1 Å². The molecular formula is C16H22N4O3. The summed E-state index contributed by atoms with van der Waals surface area (Å²) in [6.07, 6.45) is 1.94. The zero-order valence-electron chi connectivity index (χ0n) is 13.6. The molecule has 23 heavy (non-hydrogen) atoms. The molecule has 3 heterocycles. The van der Waals surface area contributed by atoms with E-state index in [-0.39, 0.29) is 24.1 Å². The third-order valence-corrected chi connectivity index (χ3v) is 4.80. The van der Waals surface area contributed by atoms with Crippen LogP contribution < -0.4 is 5.32 Å². The maximum atomic E-state index is 12.3. The Labute approximate surface area is 135 Å². The van der Waals surface area contributed by atoms with Crippen LogP contribution in [0.5, 0.6) is 0 Å². The summed E-state index contributed by atoms with van der Waals surface area (Å²) >= 11 is 0. The molecule has 2 aliphatic heterocycles. The van der Waals surface area contributed by atoms with E-state index in [1.165, 1.54) is 0 Å². The minimum Gasteiger partial charge on any atom is -0.342 e. The van der Waals surface area contributed by atoms with E-state index in [1.807, 2.05) is 24.6 Å². The molecule has 1 atom stereocenters. The van der Waals surface area contributed by atoms with E-state index >= 15 is 0 Å². The summed E-state index contributed by atoms with van der Waals surface area (Å²) in [4.78, 5) is 37.4. The summed E-state index contributed by atoms with van der Waals surface area (Å²) in [5.41, 5.74) is 1.39. The van der Waals surface area contributed by atoms with Gasteiger partial charge >= 0.3 is 0 Å². The van der Waals surface area contributed by atoms with Crippen molar-refractivity contribution >= 4 is 17.7 Å². The highest BCUT2D eigenvalue weighted by Crippen LogP contribution is 2.37. The number of nitrogens with one attached hydrogen (secondary N) is 1. The molecule has 2 aliphatic rings. The van der Waals surface area contributed by atoms with Crippen molar-refractivity contribution < 1.29 is 14.4 Å². The third-order valence-electron chi connectivity index (χ3n) is 4.80. The van der Waals surface area contributed by atoms with Crippen molar-refractivity contribution in [2.75, 3.05) is 13.1 Å². The van der Waals surface area contributed by atoms with Crippen LogP contribution in [0.3, 0.4) is 0 Å². The van der Waals surface area contributed by atoms with Crippen LogP contribution in [0, 0.1) is 19.3 Å². The lowest BCUT2D eigenvalue weighted by molar-refractivity contribution is -0.131. The van der Waals surface area contributed by atoms with Gasteiger partial charge in [-0.05, 0) is 32.8 Å². The zero-order valence-corrected chi connectivity index (χ0v) is 13.6. The van der Waals surface area contributed by atoms with E-state index in [2.05, 4.69) is 10.4 Å². The van der Waals surface area contributed by atoms with Gasteiger partial charge in [-0.3, -0.25) is 24.4 Å². The number of carbonyl (C=O) groups excluding carboxylic acids is 3. The number of amides is 3. The second-order valence-electron chi connectivity index (χ2n) is 6.65. The van der Waals surface area contributed by atoms with Crippen molar-refractivity contribution in [1.29, 1.82) is 0 Å². The van der Waals surface area contributed by atoms with Gasteiger partial charge in [0.15, 0.2) is 0 Å². The van der Waals surface area contributed by atoms with E-state index in [1.54, 1.807) is 4.90 Å². The highest BCUT2D eigenvalue weighted by atomic mass is 16.2. The molecule has 0 aliphatic carbocycles. The summed E-state index contributed by atoms with van der Waals surface area (Å²) < 4.78 is 1.91. The zero-order chi connectivity index (χ0) is 16.6. The standard InChI is InChI=1S/C16H22N4O3/c1-11-8-12(2)20(18-11)6-3-4-14(22)19-7-5-16(10-19)9-13(21)17-15(16)23/h8H,3-7,9-10H2,1-2H3,(H,17,21,23). The molecule has 3 rings (SSSR count). The van der Waals surface area contributed by atoms with Gasteiger partial charge in [0, 0.05) is 38.2 Å². The first-order chi connectivity index (χ1) is 10.9. The molecule has 1 spiro atoms. The van der Waals surface area contributed by atoms with Gasteiger partial charge < -0.3 is 4.90 Å². The van der Waals surface area contributed by atoms with Crippen LogP contribution in [0.15, 0.2) is 6.07 Å². The summed E-state index contributed by atoms with van der Waals surface area (Å²) in [5, 5.41) is 6.74. The van der Waals surface area contributed by atoms with Gasteiger partial charge in [0.2, 0.25) is 17.7 Å². The molecule has 1 unspecified atom stereocenters. The molecule has 1 N–H and O–H groups in total. The first kappa shape index (κ1) is 15.7. The van der Waals surface area contributed by atoms with E-state index in [9.17, 15) is 14.4 Å². The Balaban J connectivity index is 1.51. The highest BCUT2D eigenvalue weighted by molar-refractivity contribution is 6.06. The highest BCUT2D eigenvalue weighted by Gasteiger charge is 2.51. The predicted molar refractivity (Wildman–Crippen MR) is 82.3 cm³/mol. The molecule has 3 amide bonds. The maximum Gasteiger partial charge on any atom is 0.235 e. The molecule has 0 bridgehead atoms. The number of hydrogen-bond donors (Lipinski definition) is 1. The Morgan fingerprint density at radius 1 is 1.39 bits per heavy atom. The number of carbonyl (C=O) groups is 3. The summed E-state index contributed by atoms with van der Waals surface area (Å²) in [5.74, 6) is -0.398. The van der Waals surface area contributed by atoms with Crippen LogP contribution in [0.4, 0.5) is 0 Å². The number of imide groups is 1. The van der Waals surface area contributed by atoms with Crippen LogP contribution in [-0.4, -0.2) is 45.5 Å². The van der Waals surface area contributed by atoms with E-state index in [0.29, 0.717) is 32.5 Å². The van der Waals surface area contributed by atoms with Gasteiger partial charge in [0.25, 0.3) is 0 Å². The molecule has 0 radical (unpaired) electrons. The summed E-state index contributed by atoms with van der Waals surface area (Å²) in [6, 6.07) is 2.02. The average molecular weight is 318 g/mol. The normalized spacial score (nSPS) is 23.8. The lowest BCUT2D eigenvalue weighted by Crippen LogP contribution is -2.36. The van der Waals surface area contributed by atoms with Crippen LogP contribution in [0.1, 0.15) is 37.1 Å². The lowest BCUT2D eigenvalue weighted by Gasteiger charge is -2.20. The van der Waals surface area contributed by atoms with Crippen LogP contribution in [0.2, 0.25) is 0 Å². The molecule has 0 saturated carbocycles. The SMILES string of the molecule is Cc1cc(C)n(CCCC(=O)N2CCC3(CC(=O)NC3=O)C2)n1. The van der Waals surface area contributed by atoms with Crippen molar-refractivity contribution in [3.63, 3.8) is 0 Å². The Morgan fingerprint density at radius 3 is 2.78 bits per heavy atom. The van der Waals surface area contributed by atoms with Crippen LogP contribution in [0.25, 0.3) is 0 Å². The number of likely N-dealkylation sites (tertiary alicyclic amines) is 1. The fourth-order valence-electron chi connectivity index (χ4n) is 3.55. The fraction of sp³-hybridized carbons (Fsp3) is 0.625. The molecule has 1 aromatic rings. The molecule has 124 valence electrons. The van der Waals surface area contributed by atoms with Crippen molar-refractivity contribution in [1.82, 2.24) is 20.0 Å². The number of aryl methyl sites for hydroxylation is 3. The average Bonchev–Trinajstić information content (AvgIpc) is 3.11. The second-order valence-corrected chi connectivity index (χ2v) is 6.65. The fourth-order valence-corrected chi connectivity index (χ4v) is 3.55. The van der Waals surface area contributed by atoms with Gasteiger partial charge in [0.05, 0.1) is 11.1 Å². The summed E-state index contributed by atoms with van der Waals surface area (Å²) in [6.45, 7) is 5.58. The number of nitrogens with zero attached hydrogens (tertiary/aromatic N) is 3. The first-order valence-corrected chi connectivity index (χ1v) is 8.03. The quantitative estimate of drug-likeness (QED) is 0.822. The monoisotopic (exact) mass is 318 g/mol. The van der Waals surface area contributed by atoms with Crippen molar-refractivity contribution in [3.8, 4) is 0 Å². The molecule has 0 aromatic carbocycles. The smallest absolute Gasteiger partial charge is 0.235 e.